The van der Waals surface area contributed by atoms with E-state index in [0.29, 0.717) is 18.7 Å². The lowest BCUT2D eigenvalue weighted by Gasteiger charge is -2.32. The molecule has 1 aliphatic carbocycles. The number of aryl methyl sites for hydroxylation is 1. The highest BCUT2D eigenvalue weighted by atomic mass is 32.1. The molecule has 0 spiro atoms. The summed E-state index contributed by atoms with van der Waals surface area (Å²) in [4.78, 5) is 20.6. The van der Waals surface area contributed by atoms with E-state index in [2.05, 4.69) is 73.3 Å². The van der Waals surface area contributed by atoms with Gasteiger partial charge in [-0.15, -0.1) is 16.4 Å². The topological polar surface area (TPSA) is 79.7 Å². The molecule has 194 valence electrons. The minimum atomic E-state index is -0.414. The molecule has 0 saturated heterocycles. The highest BCUT2D eigenvalue weighted by Crippen LogP contribution is 2.35. The second-order valence-corrected chi connectivity index (χ2v) is 11.3. The summed E-state index contributed by atoms with van der Waals surface area (Å²) in [5.74, 6) is 0.738. The van der Waals surface area contributed by atoms with Crippen molar-refractivity contribution in [2.75, 3.05) is 0 Å². The Hall–Kier alpha value is -3.62. The Labute approximate surface area is 226 Å². The van der Waals surface area contributed by atoms with Crippen molar-refractivity contribution in [3.05, 3.63) is 110 Å². The molecule has 3 aromatic heterocycles. The zero-order chi connectivity index (χ0) is 25.9. The van der Waals surface area contributed by atoms with Gasteiger partial charge in [0.1, 0.15) is 6.04 Å². The predicted molar refractivity (Wildman–Crippen MR) is 151 cm³/mol. The SMILES string of the molecule is Cc1cccc2cc([C@H](c3nnnn3C3CCCCC3)N(Cc3ccccc3)Cc3cccs3)c(=O)[nH]c12. The number of benzene rings is 2. The molecule has 8 heteroatoms. The Bertz CT molecular complexity index is 1550. The first kappa shape index (κ1) is 24.7. The largest absolute Gasteiger partial charge is 0.321 e. The van der Waals surface area contributed by atoms with Crippen molar-refractivity contribution in [2.45, 2.75) is 64.2 Å². The molecular weight excluding hydrogens is 492 g/mol. The van der Waals surface area contributed by atoms with Gasteiger partial charge in [-0.25, -0.2) is 4.68 Å². The van der Waals surface area contributed by atoms with E-state index in [9.17, 15) is 4.79 Å². The first-order valence-corrected chi connectivity index (χ1v) is 14.3. The van der Waals surface area contributed by atoms with E-state index < -0.39 is 6.04 Å². The number of nitrogens with one attached hydrogen (secondary N) is 1. The third kappa shape index (κ3) is 5.06. The number of aromatic amines is 1. The summed E-state index contributed by atoms with van der Waals surface area (Å²) in [5.41, 5.74) is 3.68. The number of tetrazole rings is 1. The van der Waals surface area contributed by atoms with Gasteiger partial charge in [0, 0.05) is 23.5 Å². The van der Waals surface area contributed by atoms with E-state index in [1.807, 2.05) is 35.9 Å². The van der Waals surface area contributed by atoms with Crippen LogP contribution in [0.4, 0.5) is 0 Å². The number of para-hydroxylation sites is 1. The Balaban J connectivity index is 1.53. The smallest absolute Gasteiger partial charge is 0.253 e. The average molecular weight is 525 g/mol. The van der Waals surface area contributed by atoms with Gasteiger partial charge in [-0.1, -0.05) is 73.9 Å². The maximum absolute atomic E-state index is 13.8. The Kier molecular flexibility index (Phi) is 7.16. The zero-order valence-corrected chi connectivity index (χ0v) is 22.4. The molecule has 1 fully saturated rings. The summed E-state index contributed by atoms with van der Waals surface area (Å²) < 4.78 is 2.01. The molecule has 0 bridgehead atoms. The second kappa shape index (κ2) is 11.0. The van der Waals surface area contributed by atoms with Crippen LogP contribution in [0, 0.1) is 6.92 Å². The lowest BCUT2D eigenvalue weighted by molar-refractivity contribution is 0.188. The standard InChI is InChI=1S/C30H32N6OS/c1-21-10-8-13-23-18-26(30(37)31-27(21)23)28(29-32-33-34-36(29)24-14-6-3-7-15-24)35(20-25-16-9-17-38-25)19-22-11-4-2-5-12-22/h2,4-5,8-13,16-18,24,28H,3,6-7,14-15,19-20H2,1H3,(H,31,37)/t28-/m1/s1. The number of rotatable bonds is 8. The molecule has 5 aromatic rings. The van der Waals surface area contributed by atoms with Crippen molar-refractivity contribution in [1.82, 2.24) is 30.1 Å². The highest BCUT2D eigenvalue weighted by molar-refractivity contribution is 7.09. The van der Waals surface area contributed by atoms with Gasteiger partial charge in [0.15, 0.2) is 5.82 Å². The number of aromatic nitrogens is 5. The molecule has 0 aliphatic heterocycles. The van der Waals surface area contributed by atoms with Gasteiger partial charge in [0.2, 0.25) is 0 Å². The van der Waals surface area contributed by atoms with Crippen LogP contribution in [0.1, 0.15) is 71.6 Å². The van der Waals surface area contributed by atoms with Crippen molar-refractivity contribution in [2.24, 2.45) is 0 Å². The van der Waals surface area contributed by atoms with E-state index in [-0.39, 0.29) is 11.6 Å². The van der Waals surface area contributed by atoms with Crippen LogP contribution in [0.3, 0.4) is 0 Å². The molecule has 38 heavy (non-hydrogen) atoms. The molecule has 1 atom stereocenters. The predicted octanol–water partition coefficient (Wildman–Crippen LogP) is 6.18. The number of thiophene rings is 1. The lowest BCUT2D eigenvalue weighted by atomic mass is 9.95. The normalized spacial score (nSPS) is 15.3. The number of fused-ring (bicyclic) bond motifs is 1. The fourth-order valence-corrected chi connectivity index (χ4v) is 6.46. The fourth-order valence-electron chi connectivity index (χ4n) is 5.73. The Morgan fingerprint density at radius 1 is 1.03 bits per heavy atom. The van der Waals surface area contributed by atoms with E-state index >= 15 is 0 Å². The van der Waals surface area contributed by atoms with Crippen LogP contribution in [-0.2, 0) is 13.1 Å². The number of H-pyrrole nitrogens is 1. The monoisotopic (exact) mass is 524 g/mol. The summed E-state index contributed by atoms with van der Waals surface area (Å²) >= 11 is 1.73. The summed E-state index contributed by atoms with van der Waals surface area (Å²) in [6.45, 7) is 3.36. The third-order valence-corrected chi connectivity index (χ3v) is 8.49. The van der Waals surface area contributed by atoms with Gasteiger partial charge >= 0.3 is 0 Å². The van der Waals surface area contributed by atoms with Crippen molar-refractivity contribution < 1.29 is 0 Å². The summed E-state index contributed by atoms with van der Waals surface area (Å²) in [7, 11) is 0. The Morgan fingerprint density at radius 2 is 1.87 bits per heavy atom. The molecule has 1 aliphatic rings. The minimum absolute atomic E-state index is 0.0979. The second-order valence-electron chi connectivity index (χ2n) is 10.2. The number of hydrogen-bond acceptors (Lipinski definition) is 6. The minimum Gasteiger partial charge on any atom is -0.321 e. The number of hydrogen-bond donors (Lipinski definition) is 1. The van der Waals surface area contributed by atoms with Crippen molar-refractivity contribution in [3.63, 3.8) is 0 Å². The highest BCUT2D eigenvalue weighted by Gasteiger charge is 2.33. The quantitative estimate of drug-likeness (QED) is 0.262. The summed E-state index contributed by atoms with van der Waals surface area (Å²) in [6.07, 6.45) is 5.71. The first-order chi connectivity index (χ1) is 18.7. The van der Waals surface area contributed by atoms with Crippen LogP contribution in [-0.4, -0.2) is 30.1 Å². The van der Waals surface area contributed by atoms with Crippen LogP contribution in [0.2, 0.25) is 0 Å². The van der Waals surface area contributed by atoms with Crippen molar-refractivity contribution >= 4 is 22.2 Å². The van der Waals surface area contributed by atoms with E-state index in [0.717, 1.165) is 35.1 Å². The maximum Gasteiger partial charge on any atom is 0.253 e. The van der Waals surface area contributed by atoms with Crippen LogP contribution < -0.4 is 5.56 Å². The molecule has 1 saturated carbocycles. The van der Waals surface area contributed by atoms with Crippen LogP contribution >= 0.6 is 11.3 Å². The van der Waals surface area contributed by atoms with Gasteiger partial charge in [0.05, 0.1) is 11.6 Å². The average Bonchev–Trinajstić information content (AvgIpc) is 3.64. The number of nitrogens with zero attached hydrogens (tertiary/aromatic N) is 5. The van der Waals surface area contributed by atoms with E-state index in [1.54, 1.807) is 11.3 Å². The van der Waals surface area contributed by atoms with Crippen molar-refractivity contribution in [3.8, 4) is 0 Å². The van der Waals surface area contributed by atoms with E-state index in [1.165, 1.54) is 29.7 Å². The fraction of sp³-hybridized carbons (Fsp3) is 0.333. The summed E-state index contributed by atoms with van der Waals surface area (Å²) in [5, 5.41) is 16.4. The van der Waals surface area contributed by atoms with Gasteiger partial charge in [-0.3, -0.25) is 9.69 Å². The van der Waals surface area contributed by atoms with Crippen LogP contribution in [0.25, 0.3) is 10.9 Å². The molecule has 7 nitrogen and oxygen atoms in total. The third-order valence-electron chi connectivity index (χ3n) is 7.63. The zero-order valence-electron chi connectivity index (χ0n) is 21.6. The van der Waals surface area contributed by atoms with Crippen LogP contribution in [0.15, 0.2) is 76.9 Å². The number of pyridine rings is 1. The molecule has 0 radical (unpaired) electrons. The van der Waals surface area contributed by atoms with Gasteiger partial charge in [-0.2, -0.15) is 0 Å². The maximum atomic E-state index is 13.8. The van der Waals surface area contributed by atoms with Gasteiger partial charge in [-0.05, 0) is 64.2 Å². The molecule has 0 amide bonds. The molecule has 6 rings (SSSR count). The summed E-state index contributed by atoms with van der Waals surface area (Å²) in [6, 6.07) is 22.6. The molecule has 2 aromatic carbocycles. The Morgan fingerprint density at radius 3 is 2.66 bits per heavy atom. The van der Waals surface area contributed by atoms with Gasteiger partial charge in [0.25, 0.3) is 5.56 Å². The van der Waals surface area contributed by atoms with Gasteiger partial charge < -0.3 is 4.98 Å². The molecule has 1 N–H and O–H groups in total. The van der Waals surface area contributed by atoms with E-state index in [4.69, 9.17) is 0 Å². The first-order valence-electron chi connectivity index (χ1n) is 13.4. The lowest BCUT2D eigenvalue weighted by Crippen LogP contribution is -2.35. The van der Waals surface area contributed by atoms with Crippen molar-refractivity contribution in [1.29, 1.82) is 0 Å². The molecular formula is C30H32N6OS. The molecule has 3 heterocycles. The molecule has 0 unspecified atom stereocenters. The van der Waals surface area contributed by atoms with Crippen LogP contribution in [0.5, 0.6) is 0 Å².